The quantitative estimate of drug-likeness (QED) is 0.208. The molecule has 0 saturated carbocycles. The van der Waals surface area contributed by atoms with Crippen LogP contribution in [0.3, 0.4) is 0 Å². The van der Waals surface area contributed by atoms with Crippen LogP contribution in [0.1, 0.15) is 22.2 Å². The first-order valence-corrected chi connectivity index (χ1v) is 13.5. The third kappa shape index (κ3) is 4.42. The van der Waals surface area contributed by atoms with Crippen molar-refractivity contribution in [1.29, 1.82) is 0 Å². The van der Waals surface area contributed by atoms with Crippen LogP contribution in [-0.2, 0) is 6.61 Å². The van der Waals surface area contributed by atoms with Crippen molar-refractivity contribution in [2.45, 2.75) is 13.5 Å². The molecule has 7 rings (SSSR count). The van der Waals surface area contributed by atoms with Gasteiger partial charge in [0.25, 0.3) is 0 Å². The highest BCUT2D eigenvalue weighted by atomic mass is 32.1. The first kappa shape index (κ1) is 23.9. The molecule has 8 nitrogen and oxygen atoms in total. The highest BCUT2D eigenvalue weighted by Crippen LogP contribution is 2.35. The fraction of sp³-hybridized carbons (Fsp3) is 0.0645. The summed E-state index contributed by atoms with van der Waals surface area (Å²) in [5.74, 6) is 1.36. The maximum Gasteiger partial charge on any atom is 0.178 e. The lowest BCUT2D eigenvalue weighted by atomic mass is 10.0. The molecular formula is C31H22N6O2S. The number of nitrogens with one attached hydrogen (secondary N) is 2. The number of pyridine rings is 2. The van der Waals surface area contributed by atoms with E-state index in [0.29, 0.717) is 29.5 Å². The Kier molecular flexibility index (Phi) is 5.90. The summed E-state index contributed by atoms with van der Waals surface area (Å²) < 4.78 is 5.99. The van der Waals surface area contributed by atoms with Crippen molar-refractivity contribution in [3.8, 4) is 38.8 Å². The predicted octanol–water partition coefficient (Wildman–Crippen LogP) is 7.07. The van der Waals surface area contributed by atoms with Gasteiger partial charge < -0.3 is 9.72 Å². The molecule has 2 N–H and O–H groups in total. The molecule has 0 aliphatic heterocycles. The number of carbonyl (C=O) groups excluding carboxylic acids is 1. The summed E-state index contributed by atoms with van der Waals surface area (Å²) in [7, 11) is 0. The van der Waals surface area contributed by atoms with Gasteiger partial charge in [-0.3, -0.25) is 14.9 Å². The zero-order valence-corrected chi connectivity index (χ0v) is 22.2. The Bertz CT molecular complexity index is 2010. The number of nitrogens with zero attached hydrogens (tertiary/aromatic N) is 4. The van der Waals surface area contributed by atoms with Gasteiger partial charge >= 0.3 is 0 Å². The summed E-state index contributed by atoms with van der Waals surface area (Å²) in [4.78, 5) is 30.6. The molecule has 194 valence electrons. The molecule has 40 heavy (non-hydrogen) atoms. The van der Waals surface area contributed by atoms with Crippen molar-refractivity contribution < 1.29 is 9.53 Å². The van der Waals surface area contributed by atoms with Crippen molar-refractivity contribution in [2.24, 2.45) is 0 Å². The van der Waals surface area contributed by atoms with Crippen LogP contribution in [0.2, 0.25) is 0 Å². The van der Waals surface area contributed by atoms with Gasteiger partial charge in [-0.25, -0.2) is 9.97 Å². The van der Waals surface area contributed by atoms with Crippen LogP contribution in [-0.4, -0.2) is 35.9 Å². The molecule has 0 aliphatic carbocycles. The second kappa shape index (κ2) is 9.87. The molecule has 0 atom stereocenters. The molecule has 5 aromatic heterocycles. The Morgan fingerprint density at radius 1 is 0.975 bits per heavy atom. The number of H-pyrrole nitrogens is 2. The van der Waals surface area contributed by atoms with E-state index in [1.165, 1.54) is 11.3 Å². The second-order valence-corrected chi connectivity index (χ2v) is 10.5. The lowest BCUT2D eigenvalue weighted by Gasteiger charge is -2.08. The Balaban J connectivity index is 1.23. The number of hydrogen-bond acceptors (Lipinski definition) is 7. The molecule has 0 radical (unpaired) electrons. The van der Waals surface area contributed by atoms with Crippen LogP contribution in [0.15, 0.2) is 91.4 Å². The van der Waals surface area contributed by atoms with E-state index in [-0.39, 0.29) is 5.78 Å². The molecule has 2 aromatic carbocycles. The predicted molar refractivity (Wildman–Crippen MR) is 156 cm³/mol. The maximum absolute atomic E-state index is 11.8. The van der Waals surface area contributed by atoms with E-state index in [1.807, 2.05) is 72.9 Å². The van der Waals surface area contributed by atoms with E-state index >= 15 is 0 Å². The number of Topliss-reactive ketones (excluding diaryl/α,β-unsaturated/α-hetero) is 1. The van der Waals surface area contributed by atoms with Crippen LogP contribution in [0.25, 0.3) is 55.2 Å². The lowest BCUT2D eigenvalue weighted by molar-refractivity contribution is 0.102. The summed E-state index contributed by atoms with van der Waals surface area (Å²) in [6, 6.07) is 23.9. The Morgan fingerprint density at radius 3 is 2.73 bits per heavy atom. The number of aromatic nitrogens is 6. The fourth-order valence-corrected chi connectivity index (χ4v) is 5.60. The zero-order valence-electron chi connectivity index (χ0n) is 21.4. The monoisotopic (exact) mass is 542 g/mol. The number of fused-ring (bicyclic) bond motifs is 2. The molecule has 0 spiro atoms. The molecular weight excluding hydrogens is 520 g/mol. The van der Waals surface area contributed by atoms with Crippen molar-refractivity contribution in [2.75, 3.05) is 0 Å². The topological polar surface area (TPSA) is 109 Å². The van der Waals surface area contributed by atoms with Crippen molar-refractivity contribution >= 4 is 39.2 Å². The minimum absolute atomic E-state index is 0.0501. The van der Waals surface area contributed by atoms with Gasteiger partial charge in [0.1, 0.15) is 18.1 Å². The van der Waals surface area contributed by atoms with Crippen LogP contribution in [0.4, 0.5) is 0 Å². The summed E-state index contributed by atoms with van der Waals surface area (Å²) in [5.41, 5.74) is 6.94. The van der Waals surface area contributed by atoms with Crippen molar-refractivity contribution in [3.05, 3.63) is 102 Å². The molecule has 7 aromatic rings. The number of benzene rings is 2. The normalized spacial score (nSPS) is 11.3. The molecule has 0 saturated heterocycles. The molecule has 9 heteroatoms. The van der Waals surface area contributed by atoms with E-state index in [2.05, 4.69) is 31.2 Å². The minimum atomic E-state index is 0.0501. The molecule has 5 heterocycles. The van der Waals surface area contributed by atoms with Gasteiger partial charge in [-0.2, -0.15) is 5.10 Å². The lowest BCUT2D eigenvalue weighted by Crippen LogP contribution is -1.95. The first-order valence-electron chi connectivity index (χ1n) is 12.7. The molecule has 0 unspecified atom stereocenters. The van der Waals surface area contributed by atoms with Crippen LogP contribution in [0.5, 0.6) is 5.75 Å². The third-order valence-electron chi connectivity index (χ3n) is 6.69. The van der Waals surface area contributed by atoms with Crippen LogP contribution >= 0.6 is 11.3 Å². The van der Waals surface area contributed by atoms with E-state index < -0.39 is 0 Å². The van der Waals surface area contributed by atoms with Gasteiger partial charge in [0.15, 0.2) is 17.3 Å². The van der Waals surface area contributed by atoms with Crippen LogP contribution < -0.4 is 4.74 Å². The third-order valence-corrected chi connectivity index (χ3v) is 7.91. The maximum atomic E-state index is 11.8. The van der Waals surface area contributed by atoms with E-state index in [4.69, 9.17) is 9.72 Å². The molecule has 0 amide bonds. The zero-order chi connectivity index (χ0) is 27.1. The number of rotatable bonds is 7. The Morgan fingerprint density at radius 2 is 1.88 bits per heavy atom. The standard InChI is InChI=1S/C31H22N6O2S/c1-18(38)26-9-10-27(40-26)23-11-12-33-30-28(23)34-31(35-30)29-24-14-20(7-8-25(24)36-37-29)21-13-22(16-32-15-21)39-17-19-5-3-2-4-6-19/h2-16H,17H2,1H3,(H,36,37)(H,33,34,35). The average Bonchev–Trinajstić information content (AvgIpc) is 3.74. The summed E-state index contributed by atoms with van der Waals surface area (Å²) in [5, 5.41) is 8.61. The number of ketones is 1. The van der Waals surface area contributed by atoms with Crippen molar-refractivity contribution in [1.82, 2.24) is 30.1 Å². The Labute approximate surface area is 232 Å². The number of ether oxygens (including phenoxy) is 1. The highest BCUT2D eigenvalue weighted by Gasteiger charge is 2.17. The average molecular weight is 543 g/mol. The largest absolute Gasteiger partial charge is 0.487 e. The van der Waals surface area contributed by atoms with Gasteiger partial charge in [0, 0.05) is 33.8 Å². The summed E-state index contributed by atoms with van der Waals surface area (Å²) in [6.45, 7) is 2.05. The Hall–Kier alpha value is -5.15. The molecule has 0 aliphatic rings. The molecule has 0 fully saturated rings. The van der Waals surface area contributed by atoms with Gasteiger partial charge in [-0.15, -0.1) is 11.3 Å². The minimum Gasteiger partial charge on any atom is -0.487 e. The summed E-state index contributed by atoms with van der Waals surface area (Å²) >= 11 is 1.46. The van der Waals surface area contributed by atoms with Crippen LogP contribution in [0, 0.1) is 0 Å². The first-order chi connectivity index (χ1) is 19.6. The highest BCUT2D eigenvalue weighted by molar-refractivity contribution is 7.17. The van der Waals surface area contributed by atoms with Gasteiger partial charge in [-0.05, 0) is 54.4 Å². The number of carbonyl (C=O) groups is 1. The van der Waals surface area contributed by atoms with E-state index in [0.717, 1.165) is 48.4 Å². The smallest absolute Gasteiger partial charge is 0.178 e. The van der Waals surface area contributed by atoms with Gasteiger partial charge in [-0.1, -0.05) is 36.4 Å². The number of aromatic amines is 2. The van der Waals surface area contributed by atoms with E-state index in [1.54, 1.807) is 19.3 Å². The second-order valence-electron chi connectivity index (χ2n) is 9.38. The number of imidazole rings is 1. The van der Waals surface area contributed by atoms with Gasteiger partial charge in [0.05, 0.1) is 22.1 Å². The molecule has 0 bridgehead atoms. The van der Waals surface area contributed by atoms with Gasteiger partial charge in [0.2, 0.25) is 0 Å². The summed E-state index contributed by atoms with van der Waals surface area (Å²) in [6.07, 6.45) is 5.28. The number of thiophene rings is 1. The fourth-order valence-electron chi connectivity index (χ4n) is 4.67. The SMILES string of the molecule is CC(=O)c1ccc(-c2ccnc3nc(-c4n[nH]c5ccc(-c6cncc(OCc7ccccc7)c6)cc45)[nH]c23)s1. The number of hydrogen-bond donors (Lipinski definition) is 2. The van der Waals surface area contributed by atoms with E-state index in [9.17, 15) is 4.79 Å². The van der Waals surface area contributed by atoms with Crippen molar-refractivity contribution in [3.63, 3.8) is 0 Å².